The highest BCUT2D eigenvalue weighted by Crippen LogP contribution is 2.21. The van der Waals surface area contributed by atoms with Crippen molar-refractivity contribution < 1.29 is 0 Å². The second-order valence-electron chi connectivity index (χ2n) is 6.69. The fourth-order valence-electron chi connectivity index (χ4n) is 3.30. The first-order valence-electron chi connectivity index (χ1n) is 8.70. The van der Waals surface area contributed by atoms with E-state index in [0.717, 1.165) is 30.8 Å². The zero-order valence-electron chi connectivity index (χ0n) is 15.1. The topological polar surface area (TPSA) is 17.8 Å². The maximum absolute atomic E-state index is 4.94. The minimum atomic E-state index is 0.969. The molecule has 2 heteroatoms. The van der Waals surface area contributed by atoms with Crippen LogP contribution in [0.25, 0.3) is 5.82 Å². The number of rotatable bonds is 4. The Morgan fingerprint density at radius 3 is 2.58 bits per heavy atom. The minimum Gasteiger partial charge on any atom is -0.303 e. The first kappa shape index (κ1) is 16.5. The van der Waals surface area contributed by atoms with Crippen LogP contribution in [0.1, 0.15) is 41.1 Å². The van der Waals surface area contributed by atoms with Gasteiger partial charge in [-0.15, -0.1) is 0 Å². The molecule has 2 nitrogen and oxygen atoms in total. The minimum absolute atomic E-state index is 0.969. The molecule has 0 aromatic carbocycles. The van der Waals surface area contributed by atoms with Crippen LogP contribution in [-0.4, -0.2) is 9.55 Å². The molecular formula is C22H26N2. The molecule has 3 rings (SSSR count). The van der Waals surface area contributed by atoms with Gasteiger partial charge in [-0.3, -0.25) is 0 Å². The third-order valence-corrected chi connectivity index (χ3v) is 4.64. The van der Waals surface area contributed by atoms with E-state index in [9.17, 15) is 0 Å². The van der Waals surface area contributed by atoms with Gasteiger partial charge in [0, 0.05) is 17.1 Å². The molecule has 0 bridgehead atoms. The average Bonchev–Trinajstić information content (AvgIpc) is 2.73. The van der Waals surface area contributed by atoms with Gasteiger partial charge in [0.05, 0.1) is 0 Å². The SMILES string of the molecule is Cc1cc(CCC2=CC=CCC=C2)nc(-n2c(C)cc(C)c2C)c1. The predicted molar refractivity (Wildman–Crippen MR) is 102 cm³/mol. The van der Waals surface area contributed by atoms with Crippen LogP contribution in [-0.2, 0) is 6.42 Å². The van der Waals surface area contributed by atoms with E-state index in [1.165, 1.54) is 28.1 Å². The van der Waals surface area contributed by atoms with Gasteiger partial charge in [0.2, 0.25) is 0 Å². The third-order valence-electron chi connectivity index (χ3n) is 4.64. The van der Waals surface area contributed by atoms with Crippen molar-refractivity contribution in [3.05, 3.63) is 82.4 Å². The smallest absolute Gasteiger partial charge is 0.137 e. The van der Waals surface area contributed by atoms with Gasteiger partial charge < -0.3 is 4.57 Å². The van der Waals surface area contributed by atoms with Crippen molar-refractivity contribution in [3.63, 3.8) is 0 Å². The normalized spacial score (nSPS) is 13.9. The van der Waals surface area contributed by atoms with E-state index < -0.39 is 0 Å². The maximum atomic E-state index is 4.94. The van der Waals surface area contributed by atoms with E-state index in [1.54, 1.807) is 0 Å². The number of hydrogen-bond donors (Lipinski definition) is 0. The highest BCUT2D eigenvalue weighted by atomic mass is 15.1. The number of pyridine rings is 1. The second-order valence-corrected chi connectivity index (χ2v) is 6.69. The Morgan fingerprint density at radius 2 is 1.83 bits per heavy atom. The van der Waals surface area contributed by atoms with Gasteiger partial charge in [-0.2, -0.15) is 0 Å². The van der Waals surface area contributed by atoms with Crippen LogP contribution in [0.4, 0.5) is 0 Å². The standard InChI is InChI=1S/C22H26N2/c1-16-13-21(12-11-20-9-7-5-6-8-10-20)23-22(14-16)24-18(3)15-17(2)19(24)4/h5,7-10,13-15H,6,11-12H2,1-4H3. The quantitative estimate of drug-likeness (QED) is 0.729. The van der Waals surface area contributed by atoms with Gasteiger partial charge in [-0.05, 0) is 81.9 Å². The van der Waals surface area contributed by atoms with E-state index in [2.05, 4.69) is 80.8 Å². The summed E-state index contributed by atoms with van der Waals surface area (Å²) in [5, 5.41) is 0. The highest BCUT2D eigenvalue weighted by Gasteiger charge is 2.10. The van der Waals surface area contributed by atoms with Gasteiger partial charge in [0.15, 0.2) is 0 Å². The molecule has 0 fully saturated rings. The van der Waals surface area contributed by atoms with Crippen LogP contribution >= 0.6 is 0 Å². The van der Waals surface area contributed by atoms with Gasteiger partial charge in [0.25, 0.3) is 0 Å². The number of nitrogens with zero attached hydrogens (tertiary/aromatic N) is 2. The summed E-state index contributed by atoms with van der Waals surface area (Å²) in [6, 6.07) is 6.62. The Bertz CT molecular complexity index is 832. The molecule has 124 valence electrons. The fourth-order valence-corrected chi connectivity index (χ4v) is 3.30. The molecule has 24 heavy (non-hydrogen) atoms. The molecule has 0 saturated heterocycles. The van der Waals surface area contributed by atoms with Crippen molar-refractivity contribution in [2.24, 2.45) is 0 Å². The number of allylic oxidation sites excluding steroid dienone is 6. The van der Waals surface area contributed by atoms with Crippen LogP contribution in [0.15, 0.2) is 54.2 Å². The predicted octanol–water partition coefficient (Wildman–Crippen LogP) is 5.48. The van der Waals surface area contributed by atoms with Crippen LogP contribution in [0, 0.1) is 27.7 Å². The lowest BCUT2D eigenvalue weighted by Crippen LogP contribution is -2.05. The first-order chi connectivity index (χ1) is 11.5. The maximum Gasteiger partial charge on any atom is 0.137 e. The lowest BCUT2D eigenvalue weighted by Gasteiger charge is -2.12. The Kier molecular flexibility index (Phi) is 4.84. The largest absolute Gasteiger partial charge is 0.303 e. The molecule has 2 aromatic heterocycles. The fraction of sp³-hybridized carbons (Fsp3) is 0.318. The molecule has 0 radical (unpaired) electrons. The molecule has 1 aliphatic rings. The van der Waals surface area contributed by atoms with E-state index in [-0.39, 0.29) is 0 Å². The summed E-state index contributed by atoms with van der Waals surface area (Å²) in [5.41, 5.74) is 7.64. The van der Waals surface area contributed by atoms with E-state index in [0.29, 0.717) is 0 Å². The van der Waals surface area contributed by atoms with Crippen molar-refractivity contribution in [1.29, 1.82) is 0 Å². The van der Waals surface area contributed by atoms with Crippen molar-refractivity contribution in [3.8, 4) is 5.82 Å². The molecule has 0 spiro atoms. The molecule has 2 aromatic rings. The van der Waals surface area contributed by atoms with Gasteiger partial charge in [-0.1, -0.05) is 30.4 Å². The number of aryl methyl sites for hydroxylation is 4. The van der Waals surface area contributed by atoms with Crippen LogP contribution in [0.2, 0.25) is 0 Å². The summed E-state index contributed by atoms with van der Waals surface area (Å²) in [7, 11) is 0. The summed E-state index contributed by atoms with van der Waals surface area (Å²) in [4.78, 5) is 4.94. The molecule has 2 heterocycles. The van der Waals surface area contributed by atoms with Crippen molar-refractivity contribution in [2.45, 2.75) is 47.0 Å². The summed E-state index contributed by atoms with van der Waals surface area (Å²) in [6.45, 7) is 8.63. The monoisotopic (exact) mass is 318 g/mol. The highest BCUT2D eigenvalue weighted by molar-refractivity contribution is 5.39. The Balaban J connectivity index is 1.86. The summed E-state index contributed by atoms with van der Waals surface area (Å²) >= 11 is 0. The molecule has 0 saturated carbocycles. The Hall–Kier alpha value is -2.35. The number of aromatic nitrogens is 2. The summed E-state index contributed by atoms with van der Waals surface area (Å²) < 4.78 is 2.26. The van der Waals surface area contributed by atoms with Gasteiger partial charge in [0.1, 0.15) is 5.82 Å². The summed E-state index contributed by atoms with van der Waals surface area (Å²) in [6.07, 6.45) is 14.0. The van der Waals surface area contributed by atoms with Crippen molar-refractivity contribution in [1.82, 2.24) is 9.55 Å². The Morgan fingerprint density at radius 1 is 1.00 bits per heavy atom. The van der Waals surface area contributed by atoms with Gasteiger partial charge in [-0.25, -0.2) is 4.98 Å². The second kappa shape index (κ2) is 7.04. The van der Waals surface area contributed by atoms with Crippen LogP contribution < -0.4 is 0 Å². The molecular weight excluding hydrogens is 292 g/mol. The molecule has 0 atom stereocenters. The molecule has 0 unspecified atom stereocenters. The zero-order valence-corrected chi connectivity index (χ0v) is 15.1. The lowest BCUT2D eigenvalue weighted by atomic mass is 10.1. The van der Waals surface area contributed by atoms with E-state index in [4.69, 9.17) is 4.98 Å². The average molecular weight is 318 g/mol. The lowest BCUT2D eigenvalue weighted by molar-refractivity contribution is 0.861. The van der Waals surface area contributed by atoms with Crippen molar-refractivity contribution in [2.75, 3.05) is 0 Å². The molecule has 0 N–H and O–H groups in total. The third kappa shape index (κ3) is 3.59. The first-order valence-corrected chi connectivity index (χ1v) is 8.70. The van der Waals surface area contributed by atoms with Crippen LogP contribution in [0.5, 0.6) is 0 Å². The van der Waals surface area contributed by atoms with E-state index in [1.807, 2.05) is 0 Å². The van der Waals surface area contributed by atoms with Crippen LogP contribution in [0.3, 0.4) is 0 Å². The van der Waals surface area contributed by atoms with Crippen molar-refractivity contribution >= 4 is 0 Å². The summed E-state index contributed by atoms with van der Waals surface area (Å²) in [5.74, 6) is 1.04. The molecule has 0 aliphatic heterocycles. The zero-order chi connectivity index (χ0) is 17.1. The molecule has 1 aliphatic carbocycles. The van der Waals surface area contributed by atoms with Gasteiger partial charge >= 0.3 is 0 Å². The Labute approximate surface area is 145 Å². The molecule has 0 amide bonds. The number of hydrogen-bond acceptors (Lipinski definition) is 1. The van der Waals surface area contributed by atoms with E-state index >= 15 is 0 Å².